The van der Waals surface area contributed by atoms with E-state index >= 15 is 0 Å². The molecule has 1 saturated heterocycles. The third kappa shape index (κ3) is 3.52. The first-order valence-corrected chi connectivity index (χ1v) is 7.79. The van der Waals surface area contributed by atoms with Crippen molar-refractivity contribution in [2.45, 2.75) is 32.4 Å². The maximum Gasteiger partial charge on any atom is 0.0645 e. The molecular formula is C17H24N4. The summed E-state index contributed by atoms with van der Waals surface area (Å²) in [4.78, 5) is 2.53. The average molecular weight is 284 g/mol. The van der Waals surface area contributed by atoms with E-state index in [0.717, 1.165) is 25.3 Å². The van der Waals surface area contributed by atoms with Crippen molar-refractivity contribution in [2.24, 2.45) is 11.7 Å². The van der Waals surface area contributed by atoms with Gasteiger partial charge in [-0.05, 0) is 62.5 Å². The number of aromatic nitrogens is 2. The highest BCUT2D eigenvalue weighted by molar-refractivity contribution is 5.33. The number of benzene rings is 1. The molecule has 112 valence electrons. The fourth-order valence-electron chi connectivity index (χ4n) is 3.07. The van der Waals surface area contributed by atoms with E-state index in [9.17, 15) is 0 Å². The Hall–Kier alpha value is -1.65. The largest absolute Gasteiger partial charge is 0.328 e. The summed E-state index contributed by atoms with van der Waals surface area (Å²) in [6.07, 6.45) is 6.22. The highest BCUT2D eigenvalue weighted by atomic mass is 15.3. The minimum absolute atomic E-state index is 0.334. The van der Waals surface area contributed by atoms with Crippen molar-refractivity contribution in [3.05, 3.63) is 48.3 Å². The Morgan fingerprint density at radius 1 is 1.24 bits per heavy atom. The molecule has 1 aliphatic heterocycles. The zero-order chi connectivity index (χ0) is 14.7. The highest BCUT2D eigenvalue weighted by Crippen LogP contribution is 2.21. The Morgan fingerprint density at radius 3 is 2.52 bits per heavy atom. The summed E-state index contributed by atoms with van der Waals surface area (Å²) in [6.45, 7) is 5.49. The molecule has 0 aliphatic carbocycles. The lowest BCUT2D eigenvalue weighted by Gasteiger charge is -2.33. The SMILES string of the molecule is CC(N)C1CCN(Cc2ccc(-n3cccn3)cc2)CC1. The van der Waals surface area contributed by atoms with Crippen LogP contribution in [0.25, 0.3) is 5.69 Å². The quantitative estimate of drug-likeness (QED) is 0.938. The summed E-state index contributed by atoms with van der Waals surface area (Å²) in [5.74, 6) is 0.698. The molecule has 4 nitrogen and oxygen atoms in total. The van der Waals surface area contributed by atoms with Crippen molar-refractivity contribution in [2.75, 3.05) is 13.1 Å². The van der Waals surface area contributed by atoms with Crippen LogP contribution in [0.5, 0.6) is 0 Å². The number of hydrogen-bond acceptors (Lipinski definition) is 3. The van der Waals surface area contributed by atoms with E-state index in [-0.39, 0.29) is 0 Å². The Balaban J connectivity index is 1.57. The smallest absolute Gasteiger partial charge is 0.0645 e. The number of hydrogen-bond donors (Lipinski definition) is 1. The minimum atomic E-state index is 0.334. The number of rotatable bonds is 4. The second-order valence-corrected chi connectivity index (χ2v) is 6.09. The van der Waals surface area contributed by atoms with E-state index in [0.29, 0.717) is 12.0 Å². The lowest BCUT2D eigenvalue weighted by atomic mass is 9.91. The summed E-state index contributed by atoms with van der Waals surface area (Å²) in [6, 6.07) is 11.0. The van der Waals surface area contributed by atoms with E-state index < -0.39 is 0 Å². The zero-order valence-corrected chi connectivity index (χ0v) is 12.7. The van der Waals surface area contributed by atoms with Crippen molar-refractivity contribution in [1.29, 1.82) is 0 Å². The lowest BCUT2D eigenvalue weighted by molar-refractivity contribution is 0.166. The molecule has 21 heavy (non-hydrogen) atoms. The van der Waals surface area contributed by atoms with Gasteiger partial charge in [0.1, 0.15) is 0 Å². The summed E-state index contributed by atoms with van der Waals surface area (Å²) in [5, 5.41) is 4.25. The van der Waals surface area contributed by atoms with Crippen LogP contribution in [0.3, 0.4) is 0 Å². The maximum atomic E-state index is 6.00. The Kier molecular flexibility index (Phi) is 4.36. The van der Waals surface area contributed by atoms with Crippen molar-refractivity contribution in [3.63, 3.8) is 0 Å². The molecule has 3 rings (SSSR count). The van der Waals surface area contributed by atoms with Gasteiger partial charge in [-0.3, -0.25) is 4.90 Å². The van der Waals surface area contributed by atoms with Gasteiger partial charge in [-0.1, -0.05) is 12.1 Å². The van der Waals surface area contributed by atoms with Crippen molar-refractivity contribution in [1.82, 2.24) is 14.7 Å². The van der Waals surface area contributed by atoms with Crippen LogP contribution < -0.4 is 5.73 Å². The molecule has 0 bridgehead atoms. The molecule has 2 N–H and O–H groups in total. The topological polar surface area (TPSA) is 47.1 Å². The van der Waals surface area contributed by atoms with Crippen molar-refractivity contribution < 1.29 is 0 Å². The van der Waals surface area contributed by atoms with Crippen LogP contribution in [0.15, 0.2) is 42.7 Å². The second kappa shape index (κ2) is 6.41. The van der Waals surface area contributed by atoms with Gasteiger partial charge in [0, 0.05) is 25.0 Å². The van der Waals surface area contributed by atoms with Crippen LogP contribution in [0, 0.1) is 5.92 Å². The van der Waals surface area contributed by atoms with Gasteiger partial charge in [0.05, 0.1) is 5.69 Å². The molecular weight excluding hydrogens is 260 g/mol. The molecule has 1 atom stereocenters. The van der Waals surface area contributed by atoms with Gasteiger partial charge in [0.25, 0.3) is 0 Å². The molecule has 0 amide bonds. The average Bonchev–Trinajstić information content (AvgIpc) is 3.03. The third-order valence-electron chi connectivity index (χ3n) is 4.49. The predicted molar refractivity (Wildman–Crippen MR) is 85.2 cm³/mol. The molecule has 1 fully saturated rings. The van der Waals surface area contributed by atoms with Crippen molar-refractivity contribution >= 4 is 0 Å². The Morgan fingerprint density at radius 2 is 1.95 bits per heavy atom. The van der Waals surface area contributed by atoms with Gasteiger partial charge in [-0.2, -0.15) is 5.10 Å². The Bertz CT molecular complexity index is 537. The van der Waals surface area contributed by atoms with Gasteiger partial charge in [0.15, 0.2) is 0 Å². The summed E-state index contributed by atoms with van der Waals surface area (Å²) in [7, 11) is 0. The molecule has 1 aromatic carbocycles. The van der Waals surface area contributed by atoms with Crippen LogP contribution in [0.4, 0.5) is 0 Å². The first-order valence-electron chi connectivity index (χ1n) is 7.79. The molecule has 1 aromatic heterocycles. The Labute approximate surface area is 126 Å². The molecule has 2 aromatic rings. The summed E-state index contributed by atoms with van der Waals surface area (Å²) < 4.78 is 1.89. The molecule has 4 heteroatoms. The molecule has 1 aliphatic rings. The maximum absolute atomic E-state index is 6.00. The van der Waals surface area contributed by atoms with E-state index in [1.54, 1.807) is 6.20 Å². The van der Waals surface area contributed by atoms with E-state index in [2.05, 4.69) is 41.2 Å². The lowest BCUT2D eigenvalue weighted by Crippen LogP contribution is -2.39. The number of piperidine rings is 1. The van der Waals surface area contributed by atoms with Crippen LogP contribution >= 0.6 is 0 Å². The van der Waals surface area contributed by atoms with E-state index in [1.165, 1.54) is 18.4 Å². The van der Waals surface area contributed by atoms with Crippen LogP contribution in [-0.2, 0) is 6.54 Å². The standard InChI is InChI=1S/C17H24N4/c1-14(18)16-7-11-20(12-8-16)13-15-3-5-17(6-4-15)21-10-2-9-19-21/h2-6,9-10,14,16H,7-8,11-13,18H2,1H3. The zero-order valence-electron chi connectivity index (χ0n) is 12.7. The molecule has 2 heterocycles. The van der Waals surface area contributed by atoms with Gasteiger partial charge in [-0.15, -0.1) is 0 Å². The monoisotopic (exact) mass is 284 g/mol. The third-order valence-corrected chi connectivity index (χ3v) is 4.49. The van der Waals surface area contributed by atoms with Gasteiger partial charge < -0.3 is 5.73 Å². The highest BCUT2D eigenvalue weighted by Gasteiger charge is 2.21. The van der Waals surface area contributed by atoms with Gasteiger partial charge in [-0.25, -0.2) is 4.68 Å². The molecule has 0 radical (unpaired) electrons. The summed E-state index contributed by atoms with van der Waals surface area (Å²) >= 11 is 0. The fraction of sp³-hybridized carbons (Fsp3) is 0.471. The minimum Gasteiger partial charge on any atom is -0.328 e. The van der Waals surface area contributed by atoms with E-state index in [1.807, 2.05) is 16.9 Å². The van der Waals surface area contributed by atoms with Crippen LogP contribution in [-0.4, -0.2) is 33.8 Å². The first-order chi connectivity index (χ1) is 10.2. The number of nitrogens with two attached hydrogens (primary N) is 1. The fourth-order valence-corrected chi connectivity index (χ4v) is 3.07. The van der Waals surface area contributed by atoms with Gasteiger partial charge in [0.2, 0.25) is 0 Å². The normalized spacial score (nSPS) is 18.8. The molecule has 1 unspecified atom stereocenters. The molecule has 0 spiro atoms. The van der Waals surface area contributed by atoms with Gasteiger partial charge >= 0.3 is 0 Å². The first kappa shape index (κ1) is 14.3. The van der Waals surface area contributed by atoms with E-state index in [4.69, 9.17) is 5.73 Å². The number of nitrogens with zero attached hydrogens (tertiary/aromatic N) is 3. The van der Waals surface area contributed by atoms with Crippen molar-refractivity contribution in [3.8, 4) is 5.69 Å². The second-order valence-electron chi connectivity index (χ2n) is 6.09. The van der Waals surface area contributed by atoms with Crippen LogP contribution in [0.2, 0.25) is 0 Å². The molecule has 0 saturated carbocycles. The summed E-state index contributed by atoms with van der Waals surface area (Å²) in [5.41, 5.74) is 8.48. The predicted octanol–water partition coefficient (Wildman–Crippen LogP) is 2.43. The number of likely N-dealkylation sites (tertiary alicyclic amines) is 1. The van der Waals surface area contributed by atoms with Crippen LogP contribution in [0.1, 0.15) is 25.3 Å².